The monoisotopic (exact) mass is 318 g/mol. The summed E-state index contributed by atoms with van der Waals surface area (Å²) >= 11 is 0. The third-order valence-corrected chi connectivity index (χ3v) is 3.32. The fraction of sp³-hybridized carbons (Fsp3) is 0.235. The summed E-state index contributed by atoms with van der Waals surface area (Å²) in [5, 5.41) is 15.1. The Kier molecular flexibility index (Phi) is 5.54. The van der Waals surface area contributed by atoms with E-state index in [2.05, 4.69) is 10.6 Å². The van der Waals surface area contributed by atoms with Crippen molar-refractivity contribution in [1.82, 2.24) is 5.32 Å². The number of hydrogen-bond acceptors (Lipinski definition) is 3. The number of carbonyl (C=O) groups is 1. The summed E-state index contributed by atoms with van der Waals surface area (Å²) in [6, 6.07) is 10.8. The minimum absolute atomic E-state index is 0.110. The number of carbonyl (C=O) groups excluding carboxylic acids is 1. The van der Waals surface area contributed by atoms with Gasteiger partial charge in [-0.1, -0.05) is 24.3 Å². The first kappa shape index (κ1) is 16.8. The van der Waals surface area contributed by atoms with Crippen molar-refractivity contribution in [3.8, 4) is 5.75 Å². The summed E-state index contributed by atoms with van der Waals surface area (Å²) < 4.78 is 18.7. The number of halogens is 1. The van der Waals surface area contributed by atoms with Crippen molar-refractivity contribution in [1.29, 1.82) is 0 Å². The zero-order valence-corrected chi connectivity index (χ0v) is 13.0. The van der Waals surface area contributed by atoms with Gasteiger partial charge in [0, 0.05) is 12.1 Å². The molecule has 0 radical (unpaired) electrons. The summed E-state index contributed by atoms with van der Waals surface area (Å²) in [5.41, 5.74) is 1.62. The number of aryl methyl sites for hydroxylation is 1. The van der Waals surface area contributed by atoms with Crippen LogP contribution in [0, 0.1) is 12.7 Å². The van der Waals surface area contributed by atoms with E-state index < -0.39 is 18.0 Å². The molecule has 3 N–H and O–H groups in total. The fourth-order valence-corrected chi connectivity index (χ4v) is 2.13. The highest BCUT2D eigenvalue weighted by Gasteiger charge is 2.14. The molecule has 0 bridgehead atoms. The Labute approximate surface area is 134 Å². The first-order valence-corrected chi connectivity index (χ1v) is 7.13. The maximum absolute atomic E-state index is 13.5. The Bertz CT molecular complexity index is 691. The van der Waals surface area contributed by atoms with Crippen LogP contribution in [0.5, 0.6) is 5.75 Å². The van der Waals surface area contributed by atoms with E-state index >= 15 is 0 Å². The van der Waals surface area contributed by atoms with Gasteiger partial charge < -0.3 is 20.5 Å². The second-order valence-electron chi connectivity index (χ2n) is 5.08. The molecule has 0 saturated heterocycles. The maximum atomic E-state index is 13.5. The van der Waals surface area contributed by atoms with E-state index in [1.54, 1.807) is 18.2 Å². The number of aliphatic hydroxyl groups excluding tert-OH is 1. The summed E-state index contributed by atoms with van der Waals surface area (Å²) in [6.45, 7) is 1.78. The van der Waals surface area contributed by atoms with Gasteiger partial charge in [-0.05, 0) is 30.7 Å². The third kappa shape index (κ3) is 4.43. The van der Waals surface area contributed by atoms with Crippen LogP contribution in [-0.4, -0.2) is 24.8 Å². The van der Waals surface area contributed by atoms with Crippen molar-refractivity contribution in [2.45, 2.75) is 13.0 Å². The highest BCUT2D eigenvalue weighted by molar-refractivity contribution is 5.91. The molecule has 1 atom stereocenters. The topological polar surface area (TPSA) is 70.6 Å². The zero-order chi connectivity index (χ0) is 16.8. The Morgan fingerprint density at radius 3 is 2.74 bits per heavy atom. The van der Waals surface area contributed by atoms with Gasteiger partial charge in [-0.25, -0.2) is 9.18 Å². The highest BCUT2D eigenvalue weighted by Crippen LogP contribution is 2.25. The van der Waals surface area contributed by atoms with Crippen LogP contribution in [0.2, 0.25) is 0 Å². The number of methoxy groups -OCH3 is 1. The molecule has 2 aromatic carbocycles. The Balaban J connectivity index is 1.95. The van der Waals surface area contributed by atoms with Crippen LogP contribution in [-0.2, 0) is 0 Å². The van der Waals surface area contributed by atoms with Gasteiger partial charge in [0.15, 0.2) is 0 Å². The number of aliphatic hydroxyl groups is 1. The zero-order valence-electron chi connectivity index (χ0n) is 13.0. The largest absolute Gasteiger partial charge is 0.495 e. The molecule has 2 rings (SSSR count). The smallest absolute Gasteiger partial charge is 0.319 e. The number of nitrogens with one attached hydrogen (secondary N) is 2. The van der Waals surface area contributed by atoms with Gasteiger partial charge in [-0.15, -0.1) is 0 Å². The molecule has 6 heteroatoms. The van der Waals surface area contributed by atoms with Crippen molar-refractivity contribution in [2.24, 2.45) is 0 Å². The van der Waals surface area contributed by atoms with E-state index in [0.717, 1.165) is 5.56 Å². The molecule has 0 aliphatic rings. The Hall–Kier alpha value is -2.60. The van der Waals surface area contributed by atoms with E-state index in [-0.39, 0.29) is 12.1 Å². The summed E-state index contributed by atoms with van der Waals surface area (Å²) in [5.74, 6) is 0.0166. The van der Waals surface area contributed by atoms with Gasteiger partial charge in [-0.3, -0.25) is 0 Å². The first-order valence-electron chi connectivity index (χ1n) is 7.13. The van der Waals surface area contributed by atoms with Crippen molar-refractivity contribution >= 4 is 11.7 Å². The SMILES string of the molecule is COc1ccc(C)cc1NC(=O)NCC(O)c1ccccc1F. The second-order valence-corrected chi connectivity index (χ2v) is 5.08. The van der Waals surface area contributed by atoms with E-state index in [4.69, 9.17) is 4.74 Å². The molecule has 0 fully saturated rings. The average molecular weight is 318 g/mol. The van der Waals surface area contributed by atoms with Crippen LogP contribution in [0.3, 0.4) is 0 Å². The van der Waals surface area contributed by atoms with Crippen LogP contribution in [0.4, 0.5) is 14.9 Å². The minimum Gasteiger partial charge on any atom is -0.495 e. The maximum Gasteiger partial charge on any atom is 0.319 e. The molecule has 2 amide bonds. The van der Waals surface area contributed by atoms with Gasteiger partial charge in [0.05, 0.1) is 18.9 Å². The quantitative estimate of drug-likeness (QED) is 0.793. The van der Waals surface area contributed by atoms with E-state index in [1.807, 2.05) is 13.0 Å². The van der Waals surface area contributed by atoms with Gasteiger partial charge in [0.1, 0.15) is 11.6 Å². The van der Waals surface area contributed by atoms with Crippen molar-refractivity contribution in [3.63, 3.8) is 0 Å². The summed E-state index contributed by atoms with van der Waals surface area (Å²) in [4.78, 5) is 11.9. The van der Waals surface area contributed by atoms with Gasteiger partial charge >= 0.3 is 6.03 Å². The highest BCUT2D eigenvalue weighted by atomic mass is 19.1. The van der Waals surface area contributed by atoms with Crippen molar-refractivity contribution in [2.75, 3.05) is 19.0 Å². The number of amides is 2. The second kappa shape index (κ2) is 7.60. The predicted molar refractivity (Wildman–Crippen MR) is 86.1 cm³/mol. The molecule has 0 heterocycles. The molecule has 1 unspecified atom stereocenters. The molecule has 122 valence electrons. The van der Waals surface area contributed by atoms with Crippen LogP contribution >= 0.6 is 0 Å². The summed E-state index contributed by atoms with van der Waals surface area (Å²) in [7, 11) is 1.51. The Morgan fingerprint density at radius 2 is 2.04 bits per heavy atom. The lowest BCUT2D eigenvalue weighted by atomic mass is 10.1. The number of anilines is 1. The molecule has 23 heavy (non-hydrogen) atoms. The number of benzene rings is 2. The molecule has 2 aromatic rings. The number of rotatable bonds is 5. The lowest BCUT2D eigenvalue weighted by molar-refractivity contribution is 0.170. The van der Waals surface area contributed by atoms with Crippen LogP contribution in [0.25, 0.3) is 0 Å². The normalized spacial score (nSPS) is 11.7. The molecule has 0 spiro atoms. The van der Waals surface area contributed by atoms with Crippen LogP contribution < -0.4 is 15.4 Å². The van der Waals surface area contributed by atoms with Crippen molar-refractivity contribution in [3.05, 3.63) is 59.4 Å². The Morgan fingerprint density at radius 1 is 1.30 bits per heavy atom. The minimum atomic E-state index is -1.12. The third-order valence-electron chi connectivity index (χ3n) is 3.32. The standard InChI is InChI=1S/C17H19FN2O3/c1-11-7-8-16(23-2)14(9-11)20-17(22)19-10-15(21)12-5-3-4-6-13(12)18/h3-9,15,21H,10H2,1-2H3,(H2,19,20,22). The molecular weight excluding hydrogens is 299 g/mol. The van der Waals surface area contributed by atoms with Gasteiger partial charge in [0.25, 0.3) is 0 Å². The lowest BCUT2D eigenvalue weighted by Gasteiger charge is -2.15. The number of hydrogen-bond donors (Lipinski definition) is 3. The van der Waals surface area contributed by atoms with Crippen molar-refractivity contribution < 1.29 is 19.0 Å². The molecule has 0 aliphatic carbocycles. The molecule has 0 aromatic heterocycles. The number of ether oxygens (including phenoxy) is 1. The first-order chi connectivity index (χ1) is 11.0. The van der Waals surface area contributed by atoms with Gasteiger partial charge in [0.2, 0.25) is 0 Å². The van der Waals surface area contributed by atoms with E-state index in [0.29, 0.717) is 11.4 Å². The van der Waals surface area contributed by atoms with Crippen LogP contribution in [0.1, 0.15) is 17.2 Å². The molecule has 0 saturated carbocycles. The number of urea groups is 1. The molecule has 0 aliphatic heterocycles. The average Bonchev–Trinajstić information content (AvgIpc) is 2.53. The fourth-order valence-electron chi connectivity index (χ4n) is 2.13. The van der Waals surface area contributed by atoms with Gasteiger partial charge in [-0.2, -0.15) is 0 Å². The van der Waals surface area contributed by atoms with E-state index in [1.165, 1.54) is 25.3 Å². The van der Waals surface area contributed by atoms with Crippen LogP contribution in [0.15, 0.2) is 42.5 Å². The summed E-state index contributed by atoms with van der Waals surface area (Å²) in [6.07, 6.45) is -1.12. The van der Waals surface area contributed by atoms with E-state index in [9.17, 15) is 14.3 Å². The molecular formula is C17H19FN2O3. The lowest BCUT2D eigenvalue weighted by Crippen LogP contribution is -2.32. The predicted octanol–water partition coefficient (Wildman–Crippen LogP) is 3.00. The molecule has 5 nitrogen and oxygen atoms in total.